The van der Waals surface area contributed by atoms with Crippen molar-refractivity contribution >= 4 is 51.2 Å². The van der Waals surface area contributed by atoms with E-state index in [4.69, 9.17) is 21.1 Å². The minimum atomic E-state index is -0.369. The number of hydrazone groups is 1. The summed E-state index contributed by atoms with van der Waals surface area (Å²) in [6.07, 6.45) is 3.52. The molecule has 0 heterocycles. The molecule has 0 aliphatic rings. The maximum atomic E-state index is 12.1. The molecule has 0 bridgehead atoms. The van der Waals surface area contributed by atoms with Crippen LogP contribution in [0.4, 0.5) is 5.69 Å². The van der Waals surface area contributed by atoms with Crippen molar-refractivity contribution in [3.05, 3.63) is 51.0 Å². The van der Waals surface area contributed by atoms with Gasteiger partial charge in [-0.1, -0.05) is 31.0 Å². The standard InChI is InChI=1S/C24H29BrClN3O4/c1-4-6-11-33-24-19(25)12-17(13-21(24)32-5-2)15-27-29-23(31)10-9-22(30)28-18-8-7-16(3)20(26)14-18/h7-8,12-15H,4-6,9-11H2,1-3H3,(H,28,30)(H,29,31). The molecule has 9 heteroatoms. The van der Waals surface area contributed by atoms with Crippen molar-refractivity contribution in [3.8, 4) is 11.5 Å². The van der Waals surface area contributed by atoms with E-state index in [2.05, 4.69) is 38.7 Å². The molecule has 0 unspecified atom stereocenters. The molecule has 2 rings (SSSR count). The number of carbonyl (C=O) groups is 2. The van der Waals surface area contributed by atoms with Crippen LogP contribution in [0.5, 0.6) is 11.5 Å². The van der Waals surface area contributed by atoms with E-state index in [1.807, 2.05) is 26.0 Å². The van der Waals surface area contributed by atoms with Gasteiger partial charge in [0.25, 0.3) is 0 Å². The number of hydrogen-bond acceptors (Lipinski definition) is 5. The molecule has 0 aliphatic heterocycles. The topological polar surface area (TPSA) is 89.0 Å². The van der Waals surface area contributed by atoms with Crippen molar-refractivity contribution in [2.45, 2.75) is 46.5 Å². The number of rotatable bonds is 12. The normalized spacial score (nSPS) is 10.8. The summed E-state index contributed by atoms with van der Waals surface area (Å²) in [5.41, 5.74) is 4.67. The predicted octanol–water partition coefficient (Wildman–Crippen LogP) is 5.86. The maximum absolute atomic E-state index is 12.1. The zero-order valence-corrected chi connectivity index (χ0v) is 21.4. The highest BCUT2D eigenvalue weighted by Gasteiger charge is 2.12. The number of carbonyl (C=O) groups excluding carboxylic acids is 2. The zero-order chi connectivity index (χ0) is 24.2. The Kier molecular flexibility index (Phi) is 11.2. The van der Waals surface area contributed by atoms with Crippen LogP contribution in [0.25, 0.3) is 0 Å². The fourth-order valence-corrected chi connectivity index (χ4v) is 3.49. The van der Waals surface area contributed by atoms with Gasteiger partial charge >= 0.3 is 0 Å². The second kappa shape index (κ2) is 13.9. The number of unbranched alkanes of at least 4 members (excludes halogenated alkanes) is 1. The summed E-state index contributed by atoms with van der Waals surface area (Å²) in [6.45, 7) is 6.97. The molecule has 178 valence electrons. The van der Waals surface area contributed by atoms with Crippen LogP contribution >= 0.6 is 27.5 Å². The summed E-state index contributed by atoms with van der Waals surface area (Å²) in [4.78, 5) is 24.1. The molecule has 0 fully saturated rings. The third-order valence-corrected chi connectivity index (χ3v) is 5.51. The minimum Gasteiger partial charge on any atom is -0.490 e. The summed E-state index contributed by atoms with van der Waals surface area (Å²) in [6, 6.07) is 8.88. The van der Waals surface area contributed by atoms with Crippen molar-refractivity contribution in [1.82, 2.24) is 5.43 Å². The molecule has 2 N–H and O–H groups in total. The van der Waals surface area contributed by atoms with Gasteiger partial charge in [0.2, 0.25) is 11.8 Å². The van der Waals surface area contributed by atoms with Crippen LogP contribution in [0, 0.1) is 6.92 Å². The first-order valence-corrected chi connectivity index (χ1v) is 12.0. The maximum Gasteiger partial charge on any atom is 0.240 e. The summed E-state index contributed by atoms with van der Waals surface area (Å²) in [7, 11) is 0. The van der Waals surface area contributed by atoms with Gasteiger partial charge in [-0.05, 0) is 71.6 Å². The Morgan fingerprint density at radius 1 is 1.12 bits per heavy atom. The first kappa shape index (κ1) is 26.7. The van der Waals surface area contributed by atoms with Crippen LogP contribution in [0.3, 0.4) is 0 Å². The lowest BCUT2D eigenvalue weighted by molar-refractivity contribution is -0.124. The molecule has 2 aromatic carbocycles. The van der Waals surface area contributed by atoms with Gasteiger partial charge in [-0.15, -0.1) is 0 Å². The van der Waals surface area contributed by atoms with E-state index in [9.17, 15) is 9.59 Å². The zero-order valence-electron chi connectivity index (χ0n) is 19.0. The Bertz CT molecular complexity index is 998. The highest BCUT2D eigenvalue weighted by atomic mass is 79.9. The van der Waals surface area contributed by atoms with E-state index in [1.165, 1.54) is 6.21 Å². The fourth-order valence-electron chi connectivity index (χ4n) is 2.74. The second-order valence-electron chi connectivity index (χ2n) is 7.27. The molecule has 0 radical (unpaired) electrons. The molecule has 2 aromatic rings. The monoisotopic (exact) mass is 537 g/mol. The van der Waals surface area contributed by atoms with Gasteiger partial charge in [-0.25, -0.2) is 5.43 Å². The van der Waals surface area contributed by atoms with Gasteiger partial charge in [0.1, 0.15) is 0 Å². The average molecular weight is 539 g/mol. The first-order valence-electron chi connectivity index (χ1n) is 10.8. The first-order chi connectivity index (χ1) is 15.8. The van der Waals surface area contributed by atoms with E-state index in [-0.39, 0.29) is 24.7 Å². The number of amides is 2. The Balaban J connectivity index is 1.88. The molecule has 0 aliphatic carbocycles. The third kappa shape index (κ3) is 9.06. The number of nitrogens with one attached hydrogen (secondary N) is 2. The van der Waals surface area contributed by atoms with Gasteiger partial charge in [-0.2, -0.15) is 5.10 Å². The van der Waals surface area contributed by atoms with Crippen LogP contribution < -0.4 is 20.2 Å². The molecule has 7 nitrogen and oxygen atoms in total. The lowest BCUT2D eigenvalue weighted by Crippen LogP contribution is -2.20. The van der Waals surface area contributed by atoms with E-state index in [0.717, 1.165) is 28.4 Å². The van der Waals surface area contributed by atoms with Crippen LogP contribution in [0.15, 0.2) is 39.9 Å². The number of benzene rings is 2. The number of nitrogens with zero attached hydrogens (tertiary/aromatic N) is 1. The largest absolute Gasteiger partial charge is 0.490 e. The summed E-state index contributed by atoms with van der Waals surface area (Å²) in [5, 5.41) is 7.27. The van der Waals surface area contributed by atoms with Crippen molar-refractivity contribution in [1.29, 1.82) is 0 Å². The molecule has 0 saturated heterocycles. The molecule has 0 atom stereocenters. The second-order valence-corrected chi connectivity index (χ2v) is 8.53. The van der Waals surface area contributed by atoms with Gasteiger partial charge < -0.3 is 14.8 Å². The van der Waals surface area contributed by atoms with Gasteiger partial charge in [0.15, 0.2) is 11.5 Å². The van der Waals surface area contributed by atoms with Crippen molar-refractivity contribution < 1.29 is 19.1 Å². The smallest absolute Gasteiger partial charge is 0.240 e. The van der Waals surface area contributed by atoms with E-state index in [1.54, 1.807) is 18.2 Å². The molecule has 0 saturated carbocycles. The number of aryl methyl sites for hydroxylation is 1. The molecule has 33 heavy (non-hydrogen) atoms. The van der Waals surface area contributed by atoms with Crippen molar-refractivity contribution in [2.75, 3.05) is 18.5 Å². The number of hydrogen-bond donors (Lipinski definition) is 2. The lowest BCUT2D eigenvalue weighted by atomic mass is 10.2. The Morgan fingerprint density at radius 3 is 2.58 bits per heavy atom. The SMILES string of the molecule is CCCCOc1c(Br)cc(C=NNC(=O)CCC(=O)Nc2ccc(C)c(Cl)c2)cc1OCC. The number of anilines is 1. The van der Waals surface area contributed by atoms with Crippen molar-refractivity contribution in [2.24, 2.45) is 5.10 Å². The molecule has 0 spiro atoms. The molecule has 0 aromatic heterocycles. The van der Waals surface area contributed by atoms with E-state index >= 15 is 0 Å². The Hall–Kier alpha value is -2.58. The summed E-state index contributed by atoms with van der Waals surface area (Å²) >= 11 is 9.57. The van der Waals surface area contributed by atoms with E-state index < -0.39 is 0 Å². The van der Waals surface area contributed by atoms with E-state index in [0.29, 0.717) is 35.4 Å². The highest BCUT2D eigenvalue weighted by Crippen LogP contribution is 2.36. The van der Waals surface area contributed by atoms with Gasteiger partial charge in [0, 0.05) is 23.6 Å². The Morgan fingerprint density at radius 2 is 1.88 bits per heavy atom. The van der Waals surface area contributed by atoms with Crippen LogP contribution in [0.1, 0.15) is 50.7 Å². The Labute approximate surface area is 208 Å². The predicted molar refractivity (Wildman–Crippen MR) is 136 cm³/mol. The van der Waals surface area contributed by atoms with Crippen molar-refractivity contribution in [3.63, 3.8) is 0 Å². The van der Waals surface area contributed by atoms with Gasteiger partial charge in [-0.3, -0.25) is 9.59 Å². The van der Waals surface area contributed by atoms with Crippen LogP contribution in [-0.4, -0.2) is 31.2 Å². The fraction of sp³-hybridized carbons (Fsp3) is 0.375. The van der Waals surface area contributed by atoms with Crippen LogP contribution in [-0.2, 0) is 9.59 Å². The van der Waals surface area contributed by atoms with Gasteiger partial charge in [0.05, 0.1) is 23.9 Å². The summed E-state index contributed by atoms with van der Waals surface area (Å²) in [5.74, 6) is 0.598. The number of halogens is 2. The summed E-state index contributed by atoms with van der Waals surface area (Å²) < 4.78 is 12.3. The van der Waals surface area contributed by atoms with Crippen LogP contribution in [0.2, 0.25) is 5.02 Å². The molecule has 2 amide bonds. The molecular weight excluding hydrogens is 510 g/mol. The number of ether oxygens (including phenoxy) is 2. The minimum absolute atomic E-state index is 0.000857. The third-order valence-electron chi connectivity index (χ3n) is 4.51. The average Bonchev–Trinajstić information content (AvgIpc) is 2.77. The highest BCUT2D eigenvalue weighted by molar-refractivity contribution is 9.10. The lowest BCUT2D eigenvalue weighted by Gasteiger charge is -2.14. The quantitative estimate of drug-likeness (QED) is 0.201. The molecular formula is C24H29BrClN3O4.